The molecular formula is C12H16ClFN2O. The monoisotopic (exact) mass is 258 g/mol. The predicted molar refractivity (Wildman–Crippen MR) is 65.2 cm³/mol. The van der Waals surface area contributed by atoms with Gasteiger partial charge in [-0.1, -0.05) is 17.7 Å². The van der Waals surface area contributed by atoms with Crippen LogP contribution in [-0.2, 0) is 11.2 Å². The number of hydrogen-bond donors (Lipinski definition) is 2. The predicted octanol–water partition coefficient (Wildman–Crippen LogP) is 1.89. The van der Waals surface area contributed by atoms with Crippen molar-refractivity contribution in [1.82, 2.24) is 5.43 Å². The van der Waals surface area contributed by atoms with E-state index in [-0.39, 0.29) is 11.9 Å². The van der Waals surface area contributed by atoms with Crippen LogP contribution in [-0.4, -0.2) is 19.3 Å². The SMILES string of the molecule is NNC(Cc1c(F)cccc1Cl)C1CCOC1. The molecule has 3 nitrogen and oxygen atoms in total. The molecule has 3 N–H and O–H groups in total. The third-order valence-electron chi connectivity index (χ3n) is 3.23. The molecule has 0 amide bonds. The highest BCUT2D eigenvalue weighted by Gasteiger charge is 2.26. The average molecular weight is 259 g/mol. The van der Waals surface area contributed by atoms with Gasteiger partial charge in [-0.3, -0.25) is 11.3 Å². The lowest BCUT2D eigenvalue weighted by molar-refractivity contribution is 0.176. The van der Waals surface area contributed by atoms with Crippen LogP contribution in [0.5, 0.6) is 0 Å². The molecule has 2 unspecified atom stereocenters. The highest BCUT2D eigenvalue weighted by molar-refractivity contribution is 6.31. The third kappa shape index (κ3) is 2.96. The van der Waals surface area contributed by atoms with Crippen molar-refractivity contribution in [3.05, 3.63) is 34.6 Å². The quantitative estimate of drug-likeness (QED) is 0.641. The van der Waals surface area contributed by atoms with E-state index in [1.54, 1.807) is 12.1 Å². The molecule has 1 saturated heterocycles. The smallest absolute Gasteiger partial charge is 0.127 e. The fourth-order valence-corrected chi connectivity index (χ4v) is 2.42. The first-order chi connectivity index (χ1) is 8.22. The summed E-state index contributed by atoms with van der Waals surface area (Å²) in [4.78, 5) is 0. The van der Waals surface area contributed by atoms with E-state index in [2.05, 4.69) is 5.43 Å². The van der Waals surface area contributed by atoms with Crippen molar-refractivity contribution in [2.45, 2.75) is 18.9 Å². The van der Waals surface area contributed by atoms with Gasteiger partial charge in [0.05, 0.1) is 6.61 Å². The standard InChI is InChI=1S/C12H16ClFN2O/c13-10-2-1-3-11(14)9(10)6-12(16-15)8-4-5-17-7-8/h1-3,8,12,16H,4-7,15H2. The van der Waals surface area contributed by atoms with Crippen molar-refractivity contribution in [1.29, 1.82) is 0 Å². The minimum absolute atomic E-state index is 0.00750. The molecular weight excluding hydrogens is 243 g/mol. The van der Waals surface area contributed by atoms with E-state index < -0.39 is 0 Å². The van der Waals surface area contributed by atoms with Gasteiger partial charge in [-0.25, -0.2) is 4.39 Å². The molecule has 94 valence electrons. The second-order valence-electron chi connectivity index (χ2n) is 4.30. The van der Waals surface area contributed by atoms with Gasteiger partial charge in [0.1, 0.15) is 5.82 Å². The number of rotatable bonds is 4. The Morgan fingerprint density at radius 2 is 2.41 bits per heavy atom. The van der Waals surface area contributed by atoms with E-state index in [0.717, 1.165) is 13.0 Å². The zero-order chi connectivity index (χ0) is 12.3. The molecule has 1 aromatic rings. The number of ether oxygens (including phenoxy) is 1. The fourth-order valence-electron chi connectivity index (χ4n) is 2.18. The van der Waals surface area contributed by atoms with Crippen molar-refractivity contribution < 1.29 is 9.13 Å². The molecule has 1 aliphatic heterocycles. The van der Waals surface area contributed by atoms with Crippen LogP contribution in [0.25, 0.3) is 0 Å². The Hall–Kier alpha value is -0.680. The van der Waals surface area contributed by atoms with Crippen LogP contribution in [0.2, 0.25) is 5.02 Å². The molecule has 1 fully saturated rings. The van der Waals surface area contributed by atoms with Crippen molar-refractivity contribution in [3.8, 4) is 0 Å². The Kier molecular flexibility index (Phi) is 4.34. The van der Waals surface area contributed by atoms with Crippen molar-refractivity contribution >= 4 is 11.6 Å². The van der Waals surface area contributed by atoms with Gasteiger partial charge < -0.3 is 4.74 Å². The summed E-state index contributed by atoms with van der Waals surface area (Å²) in [5.41, 5.74) is 3.26. The molecule has 0 spiro atoms. The molecule has 17 heavy (non-hydrogen) atoms. The number of hydrazine groups is 1. The van der Waals surface area contributed by atoms with Crippen LogP contribution in [0.4, 0.5) is 4.39 Å². The molecule has 2 rings (SSSR count). The Morgan fingerprint density at radius 1 is 1.59 bits per heavy atom. The van der Waals surface area contributed by atoms with Gasteiger partial charge in [0, 0.05) is 29.2 Å². The second-order valence-corrected chi connectivity index (χ2v) is 4.71. The van der Waals surface area contributed by atoms with Crippen LogP contribution in [0.1, 0.15) is 12.0 Å². The molecule has 5 heteroatoms. The summed E-state index contributed by atoms with van der Waals surface area (Å²) in [5.74, 6) is 5.56. The Labute approximate surface area is 105 Å². The Balaban J connectivity index is 2.12. The average Bonchev–Trinajstić information content (AvgIpc) is 2.82. The molecule has 1 aromatic carbocycles. The topological polar surface area (TPSA) is 47.3 Å². The summed E-state index contributed by atoms with van der Waals surface area (Å²) in [6.45, 7) is 1.41. The van der Waals surface area contributed by atoms with Crippen LogP contribution in [0, 0.1) is 11.7 Å². The number of nitrogens with two attached hydrogens (primary N) is 1. The van der Waals surface area contributed by atoms with Gasteiger partial charge >= 0.3 is 0 Å². The van der Waals surface area contributed by atoms with Gasteiger partial charge in [0.25, 0.3) is 0 Å². The van der Waals surface area contributed by atoms with E-state index in [1.807, 2.05) is 0 Å². The lowest BCUT2D eigenvalue weighted by atomic mass is 9.93. The number of halogens is 2. The molecule has 0 saturated carbocycles. The van der Waals surface area contributed by atoms with Crippen LogP contribution >= 0.6 is 11.6 Å². The largest absolute Gasteiger partial charge is 0.381 e. The second kappa shape index (κ2) is 5.78. The molecule has 2 atom stereocenters. The van der Waals surface area contributed by atoms with Crippen molar-refractivity contribution in [2.75, 3.05) is 13.2 Å². The summed E-state index contributed by atoms with van der Waals surface area (Å²) in [6.07, 6.45) is 1.43. The molecule has 1 aliphatic rings. The van der Waals surface area contributed by atoms with Crippen molar-refractivity contribution in [3.63, 3.8) is 0 Å². The molecule has 0 aromatic heterocycles. The van der Waals surface area contributed by atoms with E-state index in [4.69, 9.17) is 22.2 Å². The van der Waals surface area contributed by atoms with Gasteiger partial charge in [-0.05, 0) is 25.0 Å². The number of hydrogen-bond acceptors (Lipinski definition) is 3. The highest BCUT2D eigenvalue weighted by Crippen LogP contribution is 2.25. The van der Waals surface area contributed by atoms with Gasteiger partial charge in [0.15, 0.2) is 0 Å². The first-order valence-electron chi connectivity index (χ1n) is 5.69. The summed E-state index contributed by atoms with van der Waals surface area (Å²) in [6, 6.07) is 4.70. The first kappa shape index (κ1) is 12.8. The summed E-state index contributed by atoms with van der Waals surface area (Å²) < 4.78 is 19.0. The minimum Gasteiger partial charge on any atom is -0.381 e. The zero-order valence-corrected chi connectivity index (χ0v) is 10.2. The fraction of sp³-hybridized carbons (Fsp3) is 0.500. The summed E-state index contributed by atoms with van der Waals surface area (Å²) in [7, 11) is 0. The molecule has 1 heterocycles. The highest BCUT2D eigenvalue weighted by atomic mass is 35.5. The van der Waals surface area contributed by atoms with Crippen LogP contribution in [0.15, 0.2) is 18.2 Å². The molecule has 0 aliphatic carbocycles. The maximum atomic E-state index is 13.6. The van der Waals surface area contributed by atoms with Crippen molar-refractivity contribution in [2.24, 2.45) is 11.8 Å². The lowest BCUT2D eigenvalue weighted by Gasteiger charge is -2.22. The maximum Gasteiger partial charge on any atom is 0.127 e. The number of benzene rings is 1. The van der Waals surface area contributed by atoms with Gasteiger partial charge in [0.2, 0.25) is 0 Å². The zero-order valence-electron chi connectivity index (χ0n) is 9.46. The van der Waals surface area contributed by atoms with Crippen LogP contribution < -0.4 is 11.3 Å². The van der Waals surface area contributed by atoms with E-state index in [1.165, 1.54) is 6.07 Å². The van der Waals surface area contributed by atoms with Gasteiger partial charge in [-0.2, -0.15) is 0 Å². The third-order valence-corrected chi connectivity index (χ3v) is 3.59. The summed E-state index contributed by atoms with van der Waals surface area (Å²) >= 11 is 6.00. The Morgan fingerprint density at radius 3 is 3.00 bits per heavy atom. The minimum atomic E-state index is -0.281. The van der Waals surface area contributed by atoms with E-state index in [0.29, 0.717) is 29.5 Å². The Bertz CT molecular complexity index is 363. The van der Waals surface area contributed by atoms with Gasteiger partial charge in [-0.15, -0.1) is 0 Å². The summed E-state index contributed by atoms with van der Waals surface area (Å²) in [5, 5.41) is 0.448. The first-order valence-corrected chi connectivity index (χ1v) is 6.07. The van der Waals surface area contributed by atoms with E-state index >= 15 is 0 Å². The van der Waals surface area contributed by atoms with Crippen LogP contribution in [0.3, 0.4) is 0 Å². The maximum absolute atomic E-state index is 13.6. The molecule has 0 radical (unpaired) electrons. The molecule has 0 bridgehead atoms. The number of nitrogens with one attached hydrogen (secondary N) is 1. The lowest BCUT2D eigenvalue weighted by Crippen LogP contribution is -2.43. The van der Waals surface area contributed by atoms with E-state index in [9.17, 15) is 4.39 Å². The normalized spacial score (nSPS) is 21.7.